The lowest BCUT2D eigenvalue weighted by molar-refractivity contribution is -0.123. The van der Waals surface area contributed by atoms with Gasteiger partial charge in [-0.3, -0.25) is 4.79 Å². The molecule has 0 saturated carbocycles. The zero-order valence-corrected chi connectivity index (χ0v) is 12.1. The van der Waals surface area contributed by atoms with E-state index >= 15 is 0 Å². The number of carbonyl (C=O) groups is 1. The van der Waals surface area contributed by atoms with Gasteiger partial charge in [-0.05, 0) is 35.4 Å². The molecule has 0 unspecified atom stereocenters. The standard InChI is InChI=1S/C15H13Cl2NO2/c16-12-5-1-10(2-6-12)15(20-9-14(18)19)11-3-7-13(17)8-4-11/h1-8,15H,9H2,(H2,18,19). The molecule has 0 fully saturated rings. The van der Waals surface area contributed by atoms with Crippen molar-refractivity contribution in [2.75, 3.05) is 6.61 Å². The summed E-state index contributed by atoms with van der Waals surface area (Å²) >= 11 is 11.8. The maximum atomic E-state index is 10.9. The second-order valence-electron chi connectivity index (χ2n) is 4.26. The first-order valence-corrected chi connectivity index (χ1v) is 6.72. The van der Waals surface area contributed by atoms with E-state index in [9.17, 15) is 4.79 Å². The van der Waals surface area contributed by atoms with Gasteiger partial charge in [-0.2, -0.15) is 0 Å². The van der Waals surface area contributed by atoms with Crippen LogP contribution in [-0.4, -0.2) is 12.5 Å². The molecule has 2 aromatic carbocycles. The Labute approximate surface area is 127 Å². The number of hydrogen-bond acceptors (Lipinski definition) is 2. The van der Waals surface area contributed by atoms with Gasteiger partial charge in [0.1, 0.15) is 12.7 Å². The van der Waals surface area contributed by atoms with Gasteiger partial charge < -0.3 is 10.5 Å². The van der Waals surface area contributed by atoms with Gasteiger partial charge in [0.05, 0.1) is 0 Å². The lowest BCUT2D eigenvalue weighted by Gasteiger charge is -2.18. The summed E-state index contributed by atoms with van der Waals surface area (Å²) in [5, 5.41) is 1.28. The molecular formula is C15H13Cl2NO2. The Morgan fingerprint density at radius 3 is 1.70 bits per heavy atom. The topological polar surface area (TPSA) is 52.3 Å². The van der Waals surface area contributed by atoms with Crippen molar-refractivity contribution < 1.29 is 9.53 Å². The lowest BCUT2D eigenvalue weighted by atomic mass is 10.0. The van der Waals surface area contributed by atoms with Crippen LogP contribution >= 0.6 is 23.2 Å². The van der Waals surface area contributed by atoms with Gasteiger partial charge >= 0.3 is 0 Å². The number of amides is 1. The van der Waals surface area contributed by atoms with Crippen molar-refractivity contribution in [2.24, 2.45) is 5.73 Å². The van der Waals surface area contributed by atoms with Crippen molar-refractivity contribution >= 4 is 29.1 Å². The van der Waals surface area contributed by atoms with Crippen LogP contribution in [0, 0.1) is 0 Å². The Bertz CT molecular complexity index is 536. The SMILES string of the molecule is NC(=O)COC(c1ccc(Cl)cc1)c1ccc(Cl)cc1. The molecule has 0 heterocycles. The number of rotatable bonds is 5. The first kappa shape index (κ1) is 14.9. The van der Waals surface area contributed by atoms with E-state index in [1.165, 1.54) is 0 Å². The molecule has 2 N–H and O–H groups in total. The van der Waals surface area contributed by atoms with Crippen LogP contribution in [0.15, 0.2) is 48.5 Å². The van der Waals surface area contributed by atoms with Crippen LogP contribution in [0.3, 0.4) is 0 Å². The second-order valence-corrected chi connectivity index (χ2v) is 5.13. The van der Waals surface area contributed by atoms with Gasteiger partial charge in [0.25, 0.3) is 0 Å². The highest BCUT2D eigenvalue weighted by Crippen LogP contribution is 2.28. The number of nitrogens with two attached hydrogens (primary N) is 1. The van der Waals surface area contributed by atoms with E-state index in [4.69, 9.17) is 33.7 Å². The van der Waals surface area contributed by atoms with E-state index in [0.29, 0.717) is 10.0 Å². The van der Waals surface area contributed by atoms with Gasteiger partial charge in [-0.25, -0.2) is 0 Å². The summed E-state index contributed by atoms with van der Waals surface area (Å²) < 4.78 is 5.59. The third-order valence-electron chi connectivity index (χ3n) is 2.74. The monoisotopic (exact) mass is 309 g/mol. The zero-order chi connectivity index (χ0) is 14.5. The summed E-state index contributed by atoms with van der Waals surface area (Å²) in [6.45, 7) is -0.157. The van der Waals surface area contributed by atoms with Gasteiger partial charge in [0.15, 0.2) is 0 Å². The van der Waals surface area contributed by atoms with E-state index in [1.54, 1.807) is 24.3 Å². The summed E-state index contributed by atoms with van der Waals surface area (Å²) in [4.78, 5) is 10.9. The molecule has 0 saturated heterocycles. The summed E-state index contributed by atoms with van der Waals surface area (Å²) in [5.41, 5.74) is 6.91. The third kappa shape index (κ3) is 3.97. The predicted molar refractivity (Wildman–Crippen MR) is 79.9 cm³/mol. The van der Waals surface area contributed by atoms with Gasteiger partial charge in [0.2, 0.25) is 5.91 Å². The molecule has 0 bridgehead atoms. The Balaban J connectivity index is 2.30. The fraction of sp³-hybridized carbons (Fsp3) is 0.133. The number of primary amides is 1. The normalized spacial score (nSPS) is 10.8. The molecular weight excluding hydrogens is 297 g/mol. The van der Waals surface area contributed by atoms with Gasteiger partial charge in [0, 0.05) is 10.0 Å². The molecule has 3 nitrogen and oxygen atoms in total. The van der Waals surface area contributed by atoms with Crippen molar-refractivity contribution in [3.05, 3.63) is 69.7 Å². The molecule has 0 aromatic heterocycles. The highest BCUT2D eigenvalue weighted by atomic mass is 35.5. The van der Waals surface area contributed by atoms with Crippen molar-refractivity contribution in [3.8, 4) is 0 Å². The Morgan fingerprint density at radius 1 is 0.950 bits per heavy atom. The fourth-order valence-electron chi connectivity index (χ4n) is 1.83. The number of ether oxygens (including phenoxy) is 1. The third-order valence-corrected chi connectivity index (χ3v) is 3.24. The minimum absolute atomic E-state index is 0.157. The molecule has 1 amide bonds. The fourth-order valence-corrected chi connectivity index (χ4v) is 2.08. The Morgan fingerprint density at radius 2 is 1.35 bits per heavy atom. The lowest BCUT2D eigenvalue weighted by Crippen LogP contribution is -2.20. The molecule has 104 valence electrons. The minimum Gasteiger partial charge on any atom is -0.368 e. The quantitative estimate of drug-likeness (QED) is 0.917. The molecule has 0 aliphatic carbocycles. The molecule has 0 atom stereocenters. The first-order chi connectivity index (χ1) is 9.56. The molecule has 20 heavy (non-hydrogen) atoms. The van der Waals surface area contributed by atoms with Crippen LogP contribution in [0.2, 0.25) is 10.0 Å². The van der Waals surface area contributed by atoms with Crippen LogP contribution in [0.4, 0.5) is 0 Å². The maximum Gasteiger partial charge on any atom is 0.243 e. The summed E-state index contributed by atoms with van der Waals surface area (Å²) in [6.07, 6.45) is -0.392. The van der Waals surface area contributed by atoms with Crippen LogP contribution < -0.4 is 5.73 Å². The molecule has 2 rings (SSSR count). The van der Waals surface area contributed by atoms with E-state index in [-0.39, 0.29) is 6.61 Å². The molecule has 0 aliphatic heterocycles. The van der Waals surface area contributed by atoms with Crippen LogP contribution in [0.25, 0.3) is 0 Å². The Kier molecular flexibility index (Phi) is 5.01. The average Bonchev–Trinajstić information content (AvgIpc) is 2.42. The van der Waals surface area contributed by atoms with Crippen LogP contribution in [0.5, 0.6) is 0 Å². The van der Waals surface area contributed by atoms with E-state index < -0.39 is 12.0 Å². The number of hydrogen-bond donors (Lipinski definition) is 1. The van der Waals surface area contributed by atoms with Crippen molar-refractivity contribution in [2.45, 2.75) is 6.10 Å². The van der Waals surface area contributed by atoms with Gasteiger partial charge in [-0.1, -0.05) is 47.5 Å². The number of benzene rings is 2. The largest absolute Gasteiger partial charge is 0.368 e. The molecule has 5 heteroatoms. The first-order valence-electron chi connectivity index (χ1n) is 5.97. The summed E-state index contributed by atoms with van der Waals surface area (Å²) in [7, 11) is 0. The van der Waals surface area contributed by atoms with Crippen molar-refractivity contribution in [1.82, 2.24) is 0 Å². The predicted octanol–water partition coefficient (Wildman–Crippen LogP) is 3.58. The average molecular weight is 310 g/mol. The highest BCUT2D eigenvalue weighted by molar-refractivity contribution is 6.30. The van der Waals surface area contributed by atoms with E-state index in [2.05, 4.69) is 0 Å². The number of carbonyl (C=O) groups excluding carboxylic acids is 1. The second kappa shape index (κ2) is 6.75. The number of halogens is 2. The maximum absolute atomic E-state index is 10.9. The zero-order valence-electron chi connectivity index (χ0n) is 10.6. The molecule has 0 spiro atoms. The minimum atomic E-state index is -0.516. The summed E-state index contributed by atoms with van der Waals surface area (Å²) in [5.74, 6) is -0.516. The smallest absolute Gasteiger partial charge is 0.243 e. The van der Waals surface area contributed by atoms with Crippen molar-refractivity contribution in [1.29, 1.82) is 0 Å². The Hall–Kier alpha value is -1.55. The molecule has 2 aromatic rings. The van der Waals surface area contributed by atoms with Crippen LogP contribution in [0.1, 0.15) is 17.2 Å². The van der Waals surface area contributed by atoms with E-state index in [0.717, 1.165) is 11.1 Å². The summed E-state index contributed by atoms with van der Waals surface area (Å²) in [6, 6.07) is 14.5. The van der Waals surface area contributed by atoms with Crippen molar-refractivity contribution in [3.63, 3.8) is 0 Å². The molecule has 0 aliphatic rings. The van der Waals surface area contributed by atoms with E-state index in [1.807, 2.05) is 24.3 Å². The van der Waals surface area contributed by atoms with Gasteiger partial charge in [-0.15, -0.1) is 0 Å². The molecule has 0 radical (unpaired) electrons. The highest BCUT2D eigenvalue weighted by Gasteiger charge is 2.15. The van der Waals surface area contributed by atoms with Crippen LogP contribution in [-0.2, 0) is 9.53 Å².